The number of aromatic nitrogens is 4. The second-order valence-corrected chi connectivity index (χ2v) is 6.21. The lowest BCUT2D eigenvalue weighted by atomic mass is 10.2. The average molecular weight is 338 g/mol. The number of anilines is 1. The van der Waals surface area contributed by atoms with Gasteiger partial charge in [-0.05, 0) is 18.2 Å². The third-order valence-electron chi connectivity index (χ3n) is 4.75. The van der Waals surface area contributed by atoms with Crippen LogP contribution in [0.4, 0.5) is 5.69 Å². The van der Waals surface area contributed by atoms with Gasteiger partial charge in [-0.15, -0.1) is 0 Å². The van der Waals surface area contributed by atoms with Crippen molar-refractivity contribution in [1.82, 2.24) is 24.4 Å². The van der Waals surface area contributed by atoms with Crippen molar-refractivity contribution in [3.8, 4) is 5.88 Å². The molecule has 3 aromatic rings. The van der Waals surface area contributed by atoms with Gasteiger partial charge in [0.25, 0.3) is 0 Å². The summed E-state index contributed by atoms with van der Waals surface area (Å²) in [7, 11) is 1.65. The van der Waals surface area contributed by atoms with Gasteiger partial charge in [0.1, 0.15) is 6.33 Å². The minimum absolute atomic E-state index is 0.630. The van der Waals surface area contributed by atoms with Crippen LogP contribution < -0.4 is 9.64 Å². The van der Waals surface area contributed by atoms with Gasteiger partial charge in [0, 0.05) is 57.3 Å². The molecule has 0 bridgehead atoms. The van der Waals surface area contributed by atoms with Crippen molar-refractivity contribution in [1.29, 1.82) is 0 Å². The first-order valence-electron chi connectivity index (χ1n) is 8.55. The van der Waals surface area contributed by atoms with Crippen LogP contribution in [-0.4, -0.2) is 64.3 Å². The van der Waals surface area contributed by atoms with Crippen LogP contribution in [0.25, 0.3) is 10.9 Å². The van der Waals surface area contributed by atoms with E-state index < -0.39 is 0 Å². The lowest BCUT2D eigenvalue weighted by molar-refractivity contribution is 0.248. The van der Waals surface area contributed by atoms with Crippen LogP contribution in [0, 0.1) is 0 Å². The topological polar surface area (TPSA) is 59.3 Å². The highest BCUT2D eigenvalue weighted by atomic mass is 16.5. The number of nitrogens with zero attached hydrogens (tertiary/aromatic N) is 6. The Bertz CT molecular complexity index is 827. The van der Waals surface area contributed by atoms with E-state index in [1.807, 2.05) is 24.8 Å². The van der Waals surface area contributed by atoms with Gasteiger partial charge >= 0.3 is 0 Å². The van der Waals surface area contributed by atoms with Gasteiger partial charge in [0.15, 0.2) is 0 Å². The van der Waals surface area contributed by atoms with Gasteiger partial charge in [0.2, 0.25) is 5.88 Å². The Balaban J connectivity index is 1.41. The third-order valence-corrected chi connectivity index (χ3v) is 4.75. The van der Waals surface area contributed by atoms with Crippen LogP contribution in [-0.2, 0) is 6.54 Å². The lowest BCUT2D eigenvalue weighted by Crippen LogP contribution is -2.47. The normalized spacial score (nSPS) is 15.6. The molecular formula is C18H22N6O. The minimum atomic E-state index is 0.630. The number of hydrogen-bond donors (Lipinski definition) is 0. The smallest absolute Gasteiger partial charge is 0.224 e. The predicted molar refractivity (Wildman–Crippen MR) is 97.0 cm³/mol. The van der Waals surface area contributed by atoms with E-state index in [1.165, 1.54) is 5.69 Å². The quantitative estimate of drug-likeness (QED) is 0.705. The fourth-order valence-corrected chi connectivity index (χ4v) is 3.29. The summed E-state index contributed by atoms with van der Waals surface area (Å²) in [5, 5.41) is 0.963. The maximum absolute atomic E-state index is 5.37. The minimum Gasteiger partial charge on any atom is -0.480 e. The summed E-state index contributed by atoms with van der Waals surface area (Å²) in [6, 6.07) is 6.31. The number of piperazine rings is 1. The highest BCUT2D eigenvalue weighted by molar-refractivity contribution is 5.86. The Morgan fingerprint density at radius 3 is 2.72 bits per heavy atom. The van der Waals surface area contributed by atoms with Crippen LogP contribution in [0.15, 0.2) is 43.2 Å². The number of fused-ring (bicyclic) bond motifs is 1. The third kappa shape index (κ3) is 3.41. The van der Waals surface area contributed by atoms with Crippen molar-refractivity contribution in [2.75, 3.05) is 44.7 Å². The van der Waals surface area contributed by atoms with E-state index in [0.29, 0.717) is 5.88 Å². The molecule has 1 saturated heterocycles. The molecule has 1 aliphatic heterocycles. The average Bonchev–Trinajstić information content (AvgIpc) is 3.19. The van der Waals surface area contributed by atoms with E-state index >= 15 is 0 Å². The SMILES string of the molecule is COc1ncnc2ccc(N3CCN(CCn4ccnc4)CC3)cc12. The summed E-state index contributed by atoms with van der Waals surface area (Å²) in [6.07, 6.45) is 7.26. The summed E-state index contributed by atoms with van der Waals surface area (Å²) in [5.74, 6) is 0.630. The number of methoxy groups -OCH3 is 1. The molecule has 2 aromatic heterocycles. The zero-order valence-electron chi connectivity index (χ0n) is 14.4. The summed E-state index contributed by atoms with van der Waals surface area (Å²) < 4.78 is 7.50. The molecule has 0 amide bonds. The summed E-state index contributed by atoms with van der Waals surface area (Å²) in [4.78, 5) is 17.5. The van der Waals surface area contributed by atoms with Crippen LogP contribution in [0.2, 0.25) is 0 Å². The molecule has 0 saturated carbocycles. The van der Waals surface area contributed by atoms with Crippen LogP contribution >= 0.6 is 0 Å². The van der Waals surface area contributed by atoms with E-state index in [9.17, 15) is 0 Å². The molecule has 3 heterocycles. The summed E-state index contributed by atoms with van der Waals surface area (Å²) >= 11 is 0. The van der Waals surface area contributed by atoms with Crippen LogP contribution in [0.1, 0.15) is 0 Å². The largest absolute Gasteiger partial charge is 0.480 e. The number of imidazole rings is 1. The first-order valence-corrected chi connectivity index (χ1v) is 8.55. The van der Waals surface area contributed by atoms with Crippen molar-refractivity contribution < 1.29 is 4.74 Å². The number of hydrogen-bond acceptors (Lipinski definition) is 6. The monoisotopic (exact) mass is 338 g/mol. The zero-order valence-corrected chi connectivity index (χ0v) is 14.4. The number of rotatable bonds is 5. The molecule has 1 aliphatic rings. The van der Waals surface area contributed by atoms with Crippen molar-refractivity contribution >= 4 is 16.6 Å². The Hall–Kier alpha value is -2.67. The first-order chi connectivity index (χ1) is 12.3. The highest BCUT2D eigenvalue weighted by Crippen LogP contribution is 2.27. The number of benzene rings is 1. The van der Waals surface area contributed by atoms with E-state index in [2.05, 4.69) is 41.5 Å². The summed E-state index contributed by atoms with van der Waals surface area (Å²) in [6.45, 7) is 6.22. The molecule has 0 aliphatic carbocycles. The first kappa shape index (κ1) is 15.8. The fraction of sp³-hybridized carbons (Fsp3) is 0.389. The fourth-order valence-electron chi connectivity index (χ4n) is 3.29. The molecule has 0 spiro atoms. The zero-order chi connectivity index (χ0) is 17.1. The standard InChI is InChI=1S/C18H22N6O/c1-25-18-16-12-15(2-3-17(16)20-13-21-18)24-10-8-22(9-11-24)6-7-23-5-4-19-14-23/h2-5,12-14H,6-11H2,1H3. The van der Waals surface area contributed by atoms with Crippen molar-refractivity contribution in [3.05, 3.63) is 43.2 Å². The van der Waals surface area contributed by atoms with E-state index in [4.69, 9.17) is 4.74 Å². The molecule has 7 heteroatoms. The second-order valence-electron chi connectivity index (χ2n) is 6.21. The molecule has 1 fully saturated rings. The lowest BCUT2D eigenvalue weighted by Gasteiger charge is -2.36. The van der Waals surface area contributed by atoms with Gasteiger partial charge in [-0.25, -0.2) is 15.0 Å². The van der Waals surface area contributed by atoms with Gasteiger partial charge in [-0.1, -0.05) is 0 Å². The van der Waals surface area contributed by atoms with Gasteiger partial charge in [-0.3, -0.25) is 4.90 Å². The Kier molecular flexibility index (Phi) is 4.47. The van der Waals surface area contributed by atoms with Crippen molar-refractivity contribution in [2.45, 2.75) is 6.54 Å². The molecule has 0 N–H and O–H groups in total. The maximum atomic E-state index is 5.37. The van der Waals surface area contributed by atoms with Gasteiger partial charge in [0.05, 0.1) is 24.3 Å². The van der Waals surface area contributed by atoms with Crippen LogP contribution in [0.3, 0.4) is 0 Å². The Labute approximate surface area is 146 Å². The molecule has 7 nitrogen and oxygen atoms in total. The van der Waals surface area contributed by atoms with E-state index in [-0.39, 0.29) is 0 Å². The Morgan fingerprint density at radius 2 is 1.96 bits per heavy atom. The molecule has 25 heavy (non-hydrogen) atoms. The highest BCUT2D eigenvalue weighted by Gasteiger charge is 2.18. The van der Waals surface area contributed by atoms with E-state index in [1.54, 1.807) is 13.4 Å². The van der Waals surface area contributed by atoms with Crippen molar-refractivity contribution in [2.24, 2.45) is 0 Å². The van der Waals surface area contributed by atoms with E-state index in [0.717, 1.165) is 50.2 Å². The molecule has 4 rings (SSSR count). The number of ether oxygens (including phenoxy) is 1. The Morgan fingerprint density at radius 1 is 1.08 bits per heavy atom. The van der Waals surface area contributed by atoms with Crippen LogP contribution in [0.5, 0.6) is 5.88 Å². The predicted octanol–water partition coefficient (Wildman–Crippen LogP) is 1.66. The van der Waals surface area contributed by atoms with Gasteiger partial charge in [-0.2, -0.15) is 0 Å². The van der Waals surface area contributed by atoms with Crippen molar-refractivity contribution in [3.63, 3.8) is 0 Å². The molecule has 0 radical (unpaired) electrons. The molecule has 0 unspecified atom stereocenters. The second kappa shape index (κ2) is 7.06. The van der Waals surface area contributed by atoms with Gasteiger partial charge < -0.3 is 14.2 Å². The molecule has 130 valence electrons. The molecule has 0 atom stereocenters. The molecular weight excluding hydrogens is 316 g/mol. The molecule has 1 aromatic carbocycles. The maximum Gasteiger partial charge on any atom is 0.224 e. The summed E-state index contributed by atoms with van der Waals surface area (Å²) in [5.41, 5.74) is 2.12.